The van der Waals surface area contributed by atoms with E-state index < -0.39 is 0 Å². The highest BCUT2D eigenvalue weighted by atomic mass is 35.5. The Balaban J connectivity index is 1.52. The number of fused-ring (bicyclic) bond motifs is 1. The van der Waals surface area contributed by atoms with E-state index in [0.717, 1.165) is 15.8 Å². The maximum atomic E-state index is 12.8. The third-order valence-electron chi connectivity index (χ3n) is 5.06. The first kappa shape index (κ1) is 19.8. The summed E-state index contributed by atoms with van der Waals surface area (Å²) in [5.74, 6) is -0.527. The van der Waals surface area contributed by atoms with Gasteiger partial charge in [-0.2, -0.15) is 5.10 Å². The normalized spacial score (nSPS) is 12.9. The van der Waals surface area contributed by atoms with Gasteiger partial charge in [0.1, 0.15) is 5.69 Å². The van der Waals surface area contributed by atoms with Crippen LogP contribution in [0.5, 0.6) is 0 Å². The lowest BCUT2D eigenvalue weighted by Crippen LogP contribution is -2.37. The van der Waals surface area contributed by atoms with Crippen molar-refractivity contribution in [2.45, 2.75) is 13.0 Å². The molecule has 1 aromatic heterocycles. The third kappa shape index (κ3) is 3.97. The Kier molecular flexibility index (Phi) is 5.37. The molecule has 0 spiro atoms. The number of aryl methyl sites for hydroxylation is 1. The molecular weight excluding hydrogens is 404 g/mol. The van der Waals surface area contributed by atoms with Crippen LogP contribution < -0.4 is 10.9 Å². The molecule has 8 heteroatoms. The first-order valence-electron chi connectivity index (χ1n) is 9.44. The fourth-order valence-electron chi connectivity index (χ4n) is 3.43. The lowest BCUT2D eigenvalue weighted by atomic mass is 9.98. The van der Waals surface area contributed by atoms with Crippen LogP contribution in [0, 0.1) is 0 Å². The maximum Gasteiger partial charge on any atom is 0.274 e. The number of rotatable bonds is 3. The van der Waals surface area contributed by atoms with E-state index in [0.29, 0.717) is 35.8 Å². The number of amides is 2. The summed E-state index contributed by atoms with van der Waals surface area (Å²) < 4.78 is 1.15. The number of anilines is 1. The Hall–Kier alpha value is -3.45. The van der Waals surface area contributed by atoms with Crippen molar-refractivity contribution in [1.29, 1.82) is 0 Å². The zero-order valence-corrected chi connectivity index (χ0v) is 17.0. The van der Waals surface area contributed by atoms with Crippen LogP contribution >= 0.6 is 11.6 Å². The number of carbonyl (C=O) groups is 2. The van der Waals surface area contributed by atoms with Gasteiger partial charge in [0.2, 0.25) is 0 Å². The lowest BCUT2D eigenvalue weighted by Gasteiger charge is -2.29. The van der Waals surface area contributed by atoms with Gasteiger partial charge in [-0.25, -0.2) is 4.68 Å². The first-order valence-corrected chi connectivity index (χ1v) is 9.81. The highest BCUT2D eigenvalue weighted by Crippen LogP contribution is 2.24. The van der Waals surface area contributed by atoms with Gasteiger partial charge in [-0.1, -0.05) is 29.8 Å². The minimum absolute atomic E-state index is 0.226. The molecule has 0 unspecified atom stereocenters. The molecule has 0 atom stereocenters. The second kappa shape index (κ2) is 8.12. The number of benzene rings is 2. The fourth-order valence-corrected chi connectivity index (χ4v) is 3.65. The molecule has 30 heavy (non-hydrogen) atoms. The number of nitrogens with one attached hydrogen (secondary N) is 1. The van der Waals surface area contributed by atoms with E-state index in [4.69, 9.17) is 11.6 Å². The number of hydrogen-bond donors (Lipinski definition) is 1. The van der Waals surface area contributed by atoms with Crippen molar-refractivity contribution in [2.24, 2.45) is 7.05 Å². The van der Waals surface area contributed by atoms with Crippen LogP contribution in [0.15, 0.2) is 59.4 Å². The summed E-state index contributed by atoms with van der Waals surface area (Å²) >= 11 is 6.10. The fraction of sp³-hybridized carbons (Fsp3) is 0.182. The second-order valence-electron chi connectivity index (χ2n) is 7.07. The van der Waals surface area contributed by atoms with E-state index in [1.807, 2.05) is 18.2 Å². The largest absolute Gasteiger partial charge is 0.333 e. The van der Waals surface area contributed by atoms with E-state index in [2.05, 4.69) is 10.4 Å². The smallest absolute Gasteiger partial charge is 0.274 e. The predicted octanol–water partition coefficient (Wildman–Crippen LogP) is 2.88. The standard InChI is InChI=1S/C22H19ClN4O3/c1-26-20(28)9-8-19(25-26)22(30)27-11-10-14-6-7-16(12-15(14)13-27)24-21(29)17-4-2-3-5-18(17)23/h2-9,12H,10-11,13H2,1H3,(H,24,29). The van der Waals surface area contributed by atoms with E-state index >= 15 is 0 Å². The Morgan fingerprint density at radius 3 is 2.63 bits per heavy atom. The van der Waals surface area contributed by atoms with Gasteiger partial charge in [0.05, 0.1) is 10.6 Å². The Labute approximate surface area is 177 Å². The average Bonchev–Trinajstić information content (AvgIpc) is 2.75. The maximum absolute atomic E-state index is 12.8. The molecule has 0 aliphatic carbocycles. The van der Waals surface area contributed by atoms with Crippen molar-refractivity contribution in [3.05, 3.63) is 92.4 Å². The zero-order chi connectivity index (χ0) is 21.3. The van der Waals surface area contributed by atoms with E-state index in [1.165, 1.54) is 19.2 Å². The van der Waals surface area contributed by atoms with Gasteiger partial charge in [0.15, 0.2) is 0 Å². The summed E-state index contributed by atoms with van der Waals surface area (Å²) in [4.78, 5) is 38.6. The highest BCUT2D eigenvalue weighted by Gasteiger charge is 2.23. The molecule has 7 nitrogen and oxygen atoms in total. The quantitative estimate of drug-likeness (QED) is 0.703. The van der Waals surface area contributed by atoms with Crippen LogP contribution in [0.2, 0.25) is 5.02 Å². The number of aromatic nitrogens is 2. The minimum atomic E-state index is -0.293. The molecular formula is C22H19ClN4O3. The molecule has 0 saturated heterocycles. The molecule has 2 heterocycles. The Morgan fingerprint density at radius 1 is 1.07 bits per heavy atom. The molecule has 1 aliphatic heterocycles. The number of nitrogens with zero attached hydrogens (tertiary/aromatic N) is 3. The molecule has 0 saturated carbocycles. The first-order chi connectivity index (χ1) is 14.4. The molecule has 2 aromatic carbocycles. The number of halogens is 1. The van der Waals surface area contributed by atoms with Gasteiger partial charge in [0, 0.05) is 31.9 Å². The third-order valence-corrected chi connectivity index (χ3v) is 5.39. The molecule has 1 aliphatic rings. The van der Waals surface area contributed by atoms with Crippen LogP contribution in [0.3, 0.4) is 0 Å². The van der Waals surface area contributed by atoms with Crippen molar-refractivity contribution in [1.82, 2.24) is 14.7 Å². The van der Waals surface area contributed by atoms with E-state index in [9.17, 15) is 14.4 Å². The molecule has 0 fully saturated rings. The molecule has 0 bridgehead atoms. The van der Waals surface area contributed by atoms with Crippen LogP contribution in [0.25, 0.3) is 0 Å². The van der Waals surface area contributed by atoms with Crippen LogP contribution in [0.4, 0.5) is 5.69 Å². The molecule has 1 N–H and O–H groups in total. The summed E-state index contributed by atoms with van der Waals surface area (Å²) in [6.45, 7) is 0.955. The number of carbonyl (C=O) groups excluding carboxylic acids is 2. The van der Waals surface area contributed by atoms with Crippen molar-refractivity contribution in [3.63, 3.8) is 0 Å². The van der Waals surface area contributed by atoms with Gasteiger partial charge in [-0.15, -0.1) is 0 Å². The summed E-state index contributed by atoms with van der Waals surface area (Å²) in [7, 11) is 1.51. The van der Waals surface area contributed by atoms with Crippen molar-refractivity contribution in [2.75, 3.05) is 11.9 Å². The van der Waals surface area contributed by atoms with Crippen molar-refractivity contribution >= 4 is 29.1 Å². The lowest BCUT2D eigenvalue weighted by molar-refractivity contribution is 0.0726. The molecule has 152 valence electrons. The van der Waals surface area contributed by atoms with Crippen LogP contribution in [0.1, 0.15) is 32.0 Å². The van der Waals surface area contributed by atoms with Gasteiger partial charge >= 0.3 is 0 Å². The summed E-state index contributed by atoms with van der Waals surface area (Å²) in [5, 5.41) is 7.29. The summed E-state index contributed by atoms with van der Waals surface area (Å²) in [5.41, 5.74) is 3.07. The minimum Gasteiger partial charge on any atom is -0.333 e. The highest BCUT2D eigenvalue weighted by molar-refractivity contribution is 6.34. The topological polar surface area (TPSA) is 84.3 Å². The SMILES string of the molecule is Cn1nc(C(=O)N2CCc3ccc(NC(=O)c4ccccc4Cl)cc3C2)ccc1=O. The molecule has 0 radical (unpaired) electrons. The molecule has 2 amide bonds. The van der Waals surface area contributed by atoms with Crippen molar-refractivity contribution < 1.29 is 9.59 Å². The Bertz CT molecular complexity index is 1200. The molecule has 3 aromatic rings. The van der Waals surface area contributed by atoms with E-state index in [-0.39, 0.29) is 23.1 Å². The van der Waals surface area contributed by atoms with Gasteiger partial charge < -0.3 is 10.2 Å². The summed E-state index contributed by atoms with van der Waals surface area (Å²) in [6, 6.07) is 15.3. The summed E-state index contributed by atoms with van der Waals surface area (Å²) in [6.07, 6.45) is 0.700. The second-order valence-corrected chi connectivity index (χ2v) is 7.48. The van der Waals surface area contributed by atoms with Crippen LogP contribution in [-0.2, 0) is 20.0 Å². The monoisotopic (exact) mass is 422 g/mol. The van der Waals surface area contributed by atoms with Crippen molar-refractivity contribution in [3.8, 4) is 0 Å². The van der Waals surface area contributed by atoms with Gasteiger partial charge in [-0.3, -0.25) is 14.4 Å². The molecule has 4 rings (SSSR count). The van der Waals surface area contributed by atoms with Gasteiger partial charge in [0.25, 0.3) is 17.4 Å². The number of hydrogen-bond acceptors (Lipinski definition) is 4. The Morgan fingerprint density at radius 2 is 1.87 bits per heavy atom. The average molecular weight is 423 g/mol. The van der Waals surface area contributed by atoms with Crippen LogP contribution in [-0.4, -0.2) is 33.0 Å². The zero-order valence-electron chi connectivity index (χ0n) is 16.3. The van der Waals surface area contributed by atoms with E-state index in [1.54, 1.807) is 29.2 Å². The van der Waals surface area contributed by atoms with Gasteiger partial charge in [-0.05, 0) is 47.9 Å². The predicted molar refractivity (Wildman–Crippen MR) is 114 cm³/mol.